The third kappa shape index (κ3) is 1.69. The van der Waals surface area contributed by atoms with E-state index in [-0.39, 0.29) is 11.6 Å². The molecule has 3 heteroatoms. The lowest BCUT2D eigenvalue weighted by atomic mass is 9.96. The highest BCUT2D eigenvalue weighted by molar-refractivity contribution is 5.73. The van der Waals surface area contributed by atoms with Gasteiger partial charge in [-0.15, -0.1) is 0 Å². The second-order valence-electron chi connectivity index (χ2n) is 5.25. The molecule has 0 radical (unpaired) electrons. The Hall–Kier alpha value is -2.03. The second kappa shape index (κ2) is 4.51. The molecule has 0 aromatic heterocycles. The average molecular weight is 270 g/mol. The summed E-state index contributed by atoms with van der Waals surface area (Å²) in [6.45, 7) is 0.882. The Morgan fingerprint density at radius 1 is 0.900 bits per heavy atom. The fraction of sp³-hybridized carbons (Fsp3) is 0.294. The van der Waals surface area contributed by atoms with Crippen LogP contribution in [0.4, 0.5) is 4.39 Å². The van der Waals surface area contributed by atoms with E-state index < -0.39 is 0 Å². The molecule has 2 aromatic rings. The van der Waals surface area contributed by atoms with Crippen LogP contribution in [0.1, 0.15) is 17.5 Å². The van der Waals surface area contributed by atoms with Crippen LogP contribution in [0.15, 0.2) is 30.3 Å². The van der Waals surface area contributed by atoms with Crippen molar-refractivity contribution in [2.75, 3.05) is 13.2 Å². The van der Waals surface area contributed by atoms with Gasteiger partial charge in [0, 0.05) is 5.56 Å². The molecule has 0 saturated heterocycles. The summed E-state index contributed by atoms with van der Waals surface area (Å²) in [5, 5.41) is 0. The van der Waals surface area contributed by atoms with Crippen LogP contribution in [0.5, 0.6) is 11.5 Å². The Labute approximate surface area is 117 Å². The highest BCUT2D eigenvalue weighted by atomic mass is 19.1. The van der Waals surface area contributed by atoms with Crippen LogP contribution in [0, 0.1) is 5.82 Å². The van der Waals surface area contributed by atoms with Gasteiger partial charge in [-0.3, -0.25) is 0 Å². The molecule has 0 N–H and O–H groups in total. The number of benzene rings is 2. The summed E-state index contributed by atoms with van der Waals surface area (Å²) in [7, 11) is 0. The summed E-state index contributed by atoms with van der Waals surface area (Å²) in [5.74, 6) is 0.455. The van der Waals surface area contributed by atoms with Crippen LogP contribution < -0.4 is 9.47 Å². The first-order chi connectivity index (χ1) is 9.84. The predicted molar refractivity (Wildman–Crippen MR) is 74.9 cm³/mol. The number of fused-ring (bicyclic) bond motifs is 2. The molecule has 0 amide bonds. The summed E-state index contributed by atoms with van der Waals surface area (Å²) in [4.78, 5) is 0. The molecule has 20 heavy (non-hydrogen) atoms. The van der Waals surface area contributed by atoms with Crippen LogP contribution >= 0.6 is 0 Å². The topological polar surface area (TPSA) is 18.5 Å². The highest BCUT2D eigenvalue weighted by Gasteiger charge is 2.23. The van der Waals surface area contributed by atoms with Crippen molar-refractivity contribution in [3.8, 4) is 22.6 Å². The largest absolute Gasteiger partial charge is 0.486 e. The SMILES string of the molecule is Fc1c(-c2cccc3c2CCC3)ccc2c1OCCO2. The number of hydrogen-bond donors (Lipinski definition) is 0. The number of aryl methyl sites for hydroxylation is 1. The Morgan fingerprint density at radius 2 is 1.80 bits per heavy atom. The zero-order valence-electron chi connectivity index (χ0n) is 11.1. The van der Waals surface area contributed by atoms with Crippen molar-refractivity contribution < 1.29 is 13.9 Å². The zero-order chi connectivity index (χ0) is 13.5. The van der Waals surface area contributed by atoms with Gasteiger partial charge < -0.3 is 9.47 Å². The number of hydrogen-bond acceptors (Lipinski definition) is 2. The standard InChI is InChI=1S/C17H15FO2/c18-16-14(7-8-15-17(16)20-10-9-19-15)13-6-2-4-11-3-1-5-12(11)13/h2,4,6-8H,1,3,5,9-10H2. The smallest absolute Gasteiger partial charge is 0.197 e. The van der Waals surface area contributed by atoms with E-state index in [0.29, 0.717) is 24.5 Å². The second-order valence-corrected chi connectivity index (χ2v) is 5.25. The van der Waals surface area contributed by atoms with Crippen molar-refractivity contribution in [2.24, 2.45) is 0 Å². The maximum atomic E-state index is 14.7. The number of ether oxygens (including phenoxy) is 2. The van der Waals surface area contributed by atoms with Gasteiger partial charge in [-0.2, -0.15) is 0 Å². The average Bonchev–Trinajstić information content (AvgIpc) is 2.97. The van der Waals surface area contributed by atoms with Crippen molar-refractivity contribution in [1.29, 1.82) is 0 Å². The van der Waals surface area contributed by atoms with E-state index in [1.54, 1.807) is 12.1 Å². The predicted octanol–water partition coefficient (Wildman–Crippen LogP) is 3.75. The van der Waals surface area contributed by atoms with Crippen molar-refractivity contribution in [2.45, 2.75) is 19.3 Å². The maximum absolute atomic E-state index is 14.7. The van der Waals surface area contributed by atoms with E-state index in [9.17, 15) is 4.39 Å². The van der Waals surface area contributed by atoms with E-state index in [0.717, 1.165) is 24.8 Å². The molecule has 0 unspecified atom stereocenters. The van der Waals surface area contributed by atoms with Gasteiger partial charge in [0.25, 0.3) is 0 Å². The molecule has 1 aliphatic heterocycles. The summed E-state index contributed by atoms with van der Waals surface area (Å²) < 4.78 is 25.6. The van der Waals surface area contributed by atoms with Gasteiger partial charge in [0.05, 0.1) is 0 Å². The van der Waals surface area contributed by atoms with E-state index in [1.165, 1.54) is 11.1 Å². The lowest BCUT2D eigenvalue weighted by Crippen LogP contribution is -2.16. The maximum Gasteiger partial charge on any atom is 0.197 e. The fourth-order valence-corrected chi connectivity index (χ4v) is 3.16. The third-order valence-corrected chi connectivity index (χ3v) is 4.08. The van der Waals surface area contributed by atoms with Gasteiger partial charge in [0.1, 0.15) is 13.2 Å². The fourth-order valence-electron chi connectivity index (χ4n) is 3.16. The number of halogens is 1. The quantitative estimate of drug-likeness (QED) is 0.785. The van der Waals surface area contributed by atoms with Crippen LogP contribution in [0.3, 0.4) is 0 Å². The summed E-state index contributed by atoms with van der Waals surface area (Å²) in [6.07, 6.45) is 3.27. The molecule has 2 nitrogen and oxygen atoms in total. The first-order valence-corrected chi connectivity index (χ1v) is 7.04. The molecule has 102 valence electrons. The molecule has 4 rings (SSSR count). The molecule has 2 aromatic carbocycles. The molecule has 0 bridgehead atoms. The van der Waals surface area contributed by atoms with E-state index >= 15 is 0 Å². The van der Waals surface area contributed by atoms with Crippen LogP contribution in [0.25, 0.3) is 11.1 Å². The molecule has 0 saturated carbocycles. The van der Waals surface area contributed by atoms with E-state index in [2.05, 4.69) is 6.07 Å². The van der Waals surface area contributed by atoms with Gasteiger partial charge in [-0.1, -0.05) is 18.2 Å². The summed E-state index contributed by atoms with van der Waals surface area (Å²) in [5.41, 5.74) is 4.24. The van der Waals surface area contributed by atoms with Crippen molar-refractivity contribution in [3.05, 3.63) is 47.3 Å². The van der Waals surface area contributed by atoms with Gasteiger partial charge in [-0.25, -0.2) is 4.39 Å². The molecule has 1 heterocycles. The minimum absolute atomic E-state index is 0.254. The molecule has 1 aliphatic carbocycles. The van der Waals surface area contributed by atoms with Crippen molar-refractivity contribution >= 4 is 0 Å². The monoisotopic (exact) mass is 270 g/mol. The highest BCUT2D eigenvalue weighted by Crippen LogP contribution is 2.41. The zero-order valence-corrected chi connectivity index (χ0v) is 11.1. The Kier molecular flexibility index (Phi) is 2.66. The molecule has 0 spiro atoms. The third-order valence-electron chi connectivity index (χ3n) is 4.08. The van der Waals surface area contributed by atoms with Crippen LogP contribution in [-0.2, 0) is 12.8 Å². The Balaban J connectivity index is 1.89. The minimum atomic E-state index is -0.303. The van der Waals surface area contributed by atoms with Gasteiger partial charge in [0.15, 0.2) is 17.3 Å². The molecule has 2 aliphatic rings. The Bertz CT molecular complexity index is 679. The lowest BCUT2D eigenvalue weighted by Gasteiger charge is -2.20. The minimum Gasteiger partial charge on any atom is -0.486 e. The van der Waals surface area contributed by atoms with E-state index in [1.807, 2.05) is 12.1 Å². The normalized spacial score (nSPS) is 16.1. The molecular formula is C17H15FO2. The van der Waals surface area contributed by atoms with Crippen molar-refractivity contribution in [1.82, 2.24) is 0 Å². The number of rotatable bonds is 1. The summed E-state index contributed by atoms with van der Waals surface area (Å²) in [6, 6.07) is 9.76. The van der Waals surface area contributed by atoms with Crippen LogP contribution in [-0.4, -0.2) is 13.2 Å². The Morgan fingerprint density at radius 3 is 2.75 bits per heavy atom. The first kappa shape index (κ1) is 11.8. The van der Waals surface area contributed by atoms with Gasteiger partial charge in [-0.05, 0) is 48.1 Å². The molecule has 0 atom stereocenters. The molecular weight excluding hydrogens is 255 g/mol. The first-order valence-electron chi connectivity index (χ1n) is 7.04. The van der Waals surface area contributed by atoms with Crippen LogP contribution in [0.2, 0.25) is 0 Å². The van der Waals surface area contributed by atoms with Gasteiger partial charge >= 0.3 is 0 Å². The molecule has 0 fully saturated rings. The van der Waals surface area contributed by atoms with Crippen molar-refractivity contribution in [3.63, 3.8) is 0 Å². The van der Waals surface area contributed by atoms with E-state index in [4.69, 9.17) is 9.47 Å². The lowest BCUT2D eigenvalue weighted by molar-refractivity contribution is 0.164. The van der Waals surface area contributed by atoms with Gasteiger partial charge in [0.2, 0.25) is 0 Å². The summed E-state index contributed by atoms with van der Waals surface area (Å²) >= 11 is 0.